The number of benzene rings is 3. The van der Waals surface area contributed by atoms with Gasteiger partial charge >= 0.3 is 5.97 Å². The first kappa shape index (κ1) is 22.9. The Bertz CT molecular complexity index is 1310. The third kappa shape index (κ3) is 5.72. The number of rotatable bonds is 9. The molecular weight excluding hydrogens is 428 g/mol. The lowest BCUT2D eigenvalue weighted by molar-refractivity contribution is -0.131. The second kappa shape index (κ2) is 10.5. The largest absolute Gasteiger partial charge is 0.478 e. The quantitative estimate of drug-likeness (QED) is 0.352. The van der Waals surface area contributed by atoms with E-state index in [4.69, 9.17) is 9.84 Å². The van der Waals surface area contributed by atoms with Crippen molar-refractivity contribution in [3.63, 3.8) is 0 Å². The Balaban J connectivity index is 1.56. The maximum Gasteiger partial charge on any atom is 0.328 e. The summed E-state index contributed by atoms with van der Waals surface area (Å²) in [6, 6.07) is 25.1. The van der Waals surface area contributed by atoms with E-state index in [-0.39, 0.29) is 12.5 Å². The molecule has 0 unspecified atom stereocenters. The molecule has 4 rings (SSSR count). The van der Waals surface area contributed by atoms with Crippen LogP contribution >= 0.6 is 0 Å². The third-order valence-corrected chi connectivity index (χ3v) is 5.58. The molecule has 0 radical (unpaired) electrons. The lowest BCUT2D eigenvalue weighted by atomic mass is 10.1. The maximum absolute atomic E-state index is 12.9. The fourth-order valence-electron chi connectivity index (χ4n) is 3.75. The Labute approximate surface area is 198 Å². The number of likely N-dealkylation sites (N-methyl/N-ethyl adjacent to an activating group) is 1. The van der Waals surface area contributed by atoms with Gasteiger partial charge in [0.25, 0.3) is 0 Å². The molecule has 0 bridgehead atoms. The van der Waals surface area contributed by atoms with E-state index in [1.807, 2.05) is 83.4 Å². The molecule has 6 heteroatoms. The molecule has 0 aliphatic carbocycles. The summed E-state index contributed by atoms with van der Waals surface area (Å²) in [5.41, 5.74) is 2.71. The molecule has 1 aromatic heterocycles. The van der Waals surface area contributed by atoms with Crippen LogP contribution < -0.4 is 4.74 Å². The minimum absolute atomic E-state index is 0.0220. The number of fused-ring (bicyclic) bond motifs is 1. The highest BCUT2D eigenvalue weighted by molar-refractivity contribution is 5.95. The van der Waals surface area contributed by atoms with E-state index in [2.05, 4.69) is 0 Å². The maximum atomic E-state index is 12.9. The number of carbonyl (C=O) groups is 2. The molecule has 0 fully saturated rings. The zero-order valence-electron chi connectivity index (χ0n) is 18.9. The van der Waals surface area contributed by atoms with Gasteiger partial charge in [-0.3, -0.25) is 4.79 Å². The van der Waals surface area contributed by atoms with Crippen molar-refractivity contribution < 1.29 is 19.4 Å². The molecule has 0 saturated carbocycles. The van der Waals surface area contributed by atoms with E-state index in [1.165, 1.54) is 11.6 Å². The SMILES string of the molecule is CN(CCc1ccccc1)C(=O)Cn1cc(C=CC(=O)O)c2cc(Oc3ccccc3)ccc21. The van der Waals surface area contributed by atoms with E-state index in [9.17, 15) is 9.59 Å². The molecule has 0 spiro atoms. The fourth-order valence-corrected chi connectivity index (χ4v) is 3.75. The molecule has 0 aliphatic rings. The van der Waals surface area contributed by atoms with Gasteiger partial charge in [-0.1, -0.05) is 48.5 Å². The molecule has 172 valence electrons. The summed E-state index contributed by atoms with van der Waals surface area (Å²) in [6.07, 6.45) is 5.22. The summed E-state index contributed by atoms with van der Waals surface area (Å²) in [5.74, 6) is 0.285. The van der Waals surface area contributed by atoms with E-state index in [1.54, 1.807) is 18.1 Å². The summed E-state index contributed by atoms with van der Waals surface area (Å²) in [7, 11) is 1.80. The van der Waals surface area contributed by atoms with Gasteiger partial charge in [0.2, 0.25) is 5.91 Å². The van der Waals surface area contributed by atoms with Crippen LogP contribution in [0.2, 0.25) is 0 Å². The van der Waals surface area contributed by atoms with Crippen LogP contribution in [0.15, 0.2) is 91.1 Å². The van der Waals surface area contributed by atoms with Crippen LogP contribution in [-0.4, -0.2) is 40.0 Å². The second-order valence-corrected chi connectivity index (χ2v) is 8.03. The predicted molar refractivity (Wildman–Crippen MR) is 133 cm³/mol. The Kier molecular flexibility index (Phi) is 7.08. The fraction of sp³-hybridized carbons (Fsp3) is 0.143. The van der Waals surface area contributed by atoms with Gasteiger partial charge in [0.05, 0.1) is 0 Å². The highest BCUT2D eigenvalue weighted by atomic mass is 16.5. The molecule has 34 heavy (non-hydrogen) atoms. The third-order valence-electron chi connectivity index (χ3n) is 5.58. The van der Waals surface area contributed by atoms with Gasteiger partial charge < -0.3 is 19.3 Å². The van der Waals surface area contributed by atoms with Gasteiger partial charge in [-0.05, 0) is 48.4 Å². The Hall–Kier alpha value is -4.32. The number of aliphatic carboxylic acids is 1. The number of carboxylic acids is 1. The summed E-state index contributed by atoms with van der Waals surface area (Å²) in [5, 5.41) is 9.91. The van der Waals surface area contributed by atoms with Crippen LogP contribution in [0.5, 0.6) is 11.5 Å². The lowest BCUT2D eigenvalue weighted by Gasteiger charge is -2.18. The van der Waals surface area contributed by atoms with Crippen molar-refractivity contribution in [2.45, 2.75) is 13.0 Å². The number of para-hydroxylation sites is 1. The first-order valence-electron chi connectivity index (χ1n) is 11.0. The summed E-state index contributed by atoms with van der Waals surface area (Å²) >= 11 is 0. The Morgan fingerprint density at radius 2 is 1.68 bits per heavy atom. The van der Waals surface area contributed by atoms with Gasteiger partial charge in [0, 0.05) is 42.3 Å². The van der Waals surface area contributed by atoms with E-state index in [0.29, 0.717) is 23.6 Å². The Morgan fingerprint density at radius 1 is 0.971 bits per heavy atom. The molecule has 0 aliphatic heterocycles. The average molecular weight is 455 g/mol. The van der Waals surface area contributed by atoms with Crippen LogP contribution in [0.25, 0.3) is 17.0 Å². The van der Waals surface area contributed by atoms with Crippen LogP contribution in [0.3, 0.4) is 0 Å². The number of carboxylic acid groups (broad SMARTS) is 1. The number of carbonyl (C=O) groups excluding carboxylic acids is 1. The number of nitrogens with zero attached hydrogens (tertiary/aromatic N) is 2. The molecule has 0 saturated heterocycles. The molecule has 6 nitrogen and oxygen atoms in total. The number of ether oxygens (including phenoxy) is 1. The van der Waals surface area contributed by atoms with E-state index >= 15 is 0 Å². The molecule has 0 atom stereocenters. The zero-order valence-corrected chi connectivity index (χ0v) is 18.9. The summed E-state index contributed by atoms with van der Waals surface area (Å²) in [6.45, 7) is 0.768. The van der Waals surface area contributed by atoms with Crippen molar-refractivity contribution in [3.8, 4) is 11.5 Å². The first-order valence-corrected chi connectivity index (χ1v) is 11.0. The second-order valence-electron chi connectivity index (χ2n) is 8.03. The molecule has 1 amide bonds. The lowest BCUT2D eigenvalue weighted by Crippen LogP contribution is -2.31. The smallest absolute Gasteiger partial charge is 0.328 e. The van der Waals surface area contributed by atoms with Crippen molar-refractivity contribution in [1.82, 2.24) is 9.47 Å². The number of amides is 1. The van der Waals surface area contributed by atoms with Crippen LogP contribution in [0.4, 0.5) is 0 Å². The molecule has 4 aromatic rings. The van der Waals surface area contributed by atoms with E-state index < -0.39 is 5.97 Å². The zero-order chi connectivity index (χ0) is 23.9. The topological polar surface area (TPSA) is 71.8 Å². The van der Waals surface area contributed by atoms with Gasteiger partial charge in [-0.15, -0.1) is 0 Å². The minimum atomic E-state index is -1.03. The highest BCUT2D eigenvalue weighted by Crippen LogP contribution is 2.30. The van der Waals surface area contributed by atoms with Gasteiger partial charge in [0.1, 0.15) is 18.0 Å². The molecule has 1 heterocycles. The van der Waals surface area contributed by atoms with Gasteiger partial charge in [0.15, 0.2) is 0 Å². The van der Waals surface area contributed by atoms with Gasteiger partial charge in [-0.25, -0.2) is 4.79 Å². The Morgan fingerprint density at radius 3 is 2.38 bits per heavy atom. The molecular formula is C28H26N2O4. The summed E-state index contributed by atoms with van der Waals surface area (Å²) in [4.78, 5) is 25.8. The standard InChI is InChI=1S/C28H26N2O4/c1-29(17-16-21-8-4-2-5-9-21)27(31)20-30-19-22(12-15-28(32)33)25-18-24(13-14-26(25)30)34-23-10-6-3-7-11-23/h2-15,18-19H,16-17,20H2,1H3,(H,32,33). The van der Waals surface area contributed by atoms with Crippen molar-refractivity contribution in [1.29, 1.82) is 0 Å². The molecule has 1 N–H and O–H groups in total. The van der Waals surface area contributed by atoms with Crippen LogP contribution in [0.1, 0.15) is 11.1 Å². The van der Waals surface area contributed by atoms with Crippen molar-refractivity contribution in [3.05, 3.63) is 102 Å². The summed E-state index contributed by atoms with van der Waals surface area (Å²) < 4.78 is 7.80. The number of aromatic nitrogens is 1. The first-order chi connectivity index (χ1) is 16.5. The number of hydrogen-bond donors (Lipinski definition) is 1. The average Bonchev–Trinajstić information content (AvgIpc) is 3.19. The molecule has 3 aromatic carbocycles. The van der Waals surface area contributed by atoms with Gasteiger partial charge in [-0.2, -0.15) is 0 Å². The normalized spacial score (nSPS) is 11.1. The highest BCUT2D eigenvalue weighted by Gasteiger charge is 2.14. The van der Waals surface area contributed by atoms with Crippen LogP contribution in [0, 0.1) is 0 Å². The van der Waals surface area contributed by atoms with Crippen molar-refractivity contribution in [2.24, 2.45) is 0 Å². The monoisotopic (exact) mass is 454 g/mol. The van der Waals surface area contributed by atoms with Crippen LogP contribution in [-0.2, 0) is 22.6 Å². The number of hydrogen-bond acceptors (Lipinski definition) is 3. The minimum Gasteiger partial charge on any atom is -0.478 e. The predicted octanol–water partition coefficient (Wildman–Crippen LogP) is 5.23. The van der Waals surface area contributed by atoms with E-state index in [0.717, 1.165) is 23.4 Å². The van der Waals surface area contributed by atoms with Crippen molar-refractivity contribution >= 4 is 28.9 Å². The van der Waals surface area contributed by atoms with Crippen molar-refractivity contribution in [2.75, 3.05) is 13.6 Å².